The second-order valence-corrected chi connectivity index (χ2v) is 5.35. The predicted molar refractivity (Wildman–Crippen MR) is 71.5 cm³/mol. The molecule has 0 bridgehead atoms. The highest BCUT2D eigenvalue weighted by atomic mass is 79.9. The van der Waals surface area contributed by atoms with Gasteiger partial charge in [-0.25, -0.2) is 0 Å². The molecule has 1 atom stereocenters. The third kappa shape index (κ3) is 4.30. The van der Waals surface area contributed by atoms with E-state index in [1.807, 2.05) is 0 Å². The Hall–Kier alpha value is -0.280. The quantitative estimate of drug-likeness (QED) is 0.798. The van der Waals surface area contributed by atoms with E-state index in [1.165, 1.54) is 12.0 Å². The predicted octanol–water partition coefficient (Wildman–Crippen LogP) is 4.52. The van der Waals surface area contributed by atoms with Crippen molar-refractivity contribution < 1.29 is 4.42 Å². The monoisotopic (exact) mass is 287 g/mol. The van der Waals surface area contributed by atoms with E-state index in [0.717, 1.165) is 30.0 Å². The summed E-state index contributed by atoms with van der Waals surface area (Å²) in [6.07, 6.45) is 5.30. The number of rotatable bonds is 7. The summed E-state index contributed by atoms with van der Waals surface area (Å²) in [5.41, 5.74) is 1.24. The Balaban J connectivity index is 2.60. The van der Waals surface area contributed by atoms with E-state index < -0.39 is 0 Å². The third-order valence-electron chi connectivity index (χ3n) is 2.69. The molecular weight excluding hydrogens is 266 g/mol. The van der Waals surface area contributed by atoms with Gasteiger partial charge in [0.2, 0.25) is 0 Å². The van der Waals surface area contributed by atoms with Crippen LogP contribution < -0.4 is 5.32 Å². The first-order valence-corrected chi connectivity index (χ1v) is 6.90. The van der Waals surface area contributed by atoms with Crippen LogP contribution in [-0.4, -0.2) is 6.54 Å². The average molecular weight is 288 g/mol. The van der Waals surface area contributed by atoms with E-state index in [9.17, 15) is 0 Å². The SMILES string of the molecule is CCCNC(CCC(C)C)c1ccoc1Br. The highest BCUT2D eigenvalue weighted by molar-refractivity contribution is 9.10. The molecule has 0 fully saturated rings. The first-order valence-electron chi connectivity index (χ1n) is 6.11. The van der Waals surface area contributed by atoms with Gasteiger partial charge in [0.15, 0.2) is 4.67 Å². The fourth-order valence-corrected chi connectivity index (χ4v) is 2.26. The molecule has 0 aromatic carbocycles. The first kappa shape index (κ1) is 13.8. The van der Waals surface area contributed by atoms with Crippen molar-refractivity contribution in [3.05, 3.63) is 22.6 Å². The minimum absolute atomic E-state index is 0.412. The summed E-state index contributed by atoms with van der Waals surface area (Å²) < 4.78 is 6.17. The van der Waals surface area contributed by atoms with Crippen LogP contribution in [-0.2, 0) is 0 Å². The number of hydrogen-bond acceptors (Lipinski definition) is 2. The van der Waals surface area contributed by atoms with Crippen molar-refractivity contribution in [3.63, 3.8) is 0 Å². The highest BCUT2D eigenvalue weighted by Crippen LogP contribution is 2.28. The van der Waals surface area contributed by atoms with Crippen LogP contribution in [0.2, 0.25) is 0 Å². The van der Waals surface area contributed by atoms with E-state index in [2.05, 4.69) is 48.1 Å². The number of furan rings is 1. The smallest absolute Gasteiger partial charge is 0.173 e. The van der Waals surface area contributed by atoms with Crippen LogP contribution in [0.25, 0.3) is 0 Å². The minimum atomic E-state index is 0.412. The van der Waals surface area contributed by atoms with Gasteiger partial charge in [0.25, 0.3) is 0 Å². The fourth-order valence-electron chi connectivity index (χ4n) is 1.74. The van der Waals surface area contributed by atoms with Gasteiger partial charge in [-0.2, -0.15) is 0 Å². The largest absolute Gasteiger partial charge is 0.457 e. The van der Waals surface area contributed by atoms with Crippen molar-refractivity contribution in [1.82, 2.24) is 5.32 Å². The van der Waals surface area contributed by atoms with E-state index in [-0.39, 0.29) is 0 Å². The molecule has 1 aromatic rings. The Bertz CT molecular complexity index is 296. The lowest BCUT2D eigenvalue weighted by atomic mass is 9.99. The van der Waals surface area contributed by atoms with Crippen LogP contribution in [0.3, 0.4) is 0 Å². The average Bonchev–Trinajstić information content (AvgIpc) is 2.65. The maximum atomic E-state index is 5.31. The summed E-state index contributed by atoms with van der Waals surface area (Å²) in [5.74, 6) is 0.747. The number of nitrogens with one attached hydrogen (secondary N) is 1. The second kappa shape index (κ2) is 7.13. The normalized spacial score (nSPS) is 13.3. The molecule has 2 nitrogen and oxygen atoms in total. The molecule has 92 valence electrons. The molecule has 3 heteroatoms. The second-order valence-electron chi connectivity index (χ2n) is 4.63. The summed E-state index contributed by atoms with van der Waals surface area (Å²) >= 11 is 3.46. The van der Waals surface area contributed by atoms with Crippen molar-refractivity contribution in [2.24, 2.45) is 5.92 Å². The standard InChI is InChI=1S/C13H22BrNO/c1-4-8-15-12(6-5-10(2)3)11-7-9-16-13(11)14/h7,9-10,12,15H,4-6,8H2,1-3H3. The van der Waals surface area contributed by atoms with Crippen molar-refractivity contribution in [2.75, 3.05) is 6.54 Å². The molecule has 1 N–H and O–H groups in total. The molecule has 0 saturated heterocycles. The zero-order valence-corrected chi connectivity index (χ0v) is 12.0. The van der Waals surface area contributed by atoms with Gasteiger partial charge in [0.1, 0.15) is 0 Å². The first-order chi connectivity index (χ1) is 7.65. The Morgan fingerprint density at radius 3 is 2.62 bits per heavy atom. The van der Waals surface area contributed by atoms with Crippen molar-refractivity contribution in [2.45, 2.75) is 46.1 Å². The summed E-state index contributed by atoms with van der Waals surface area (Å²) in [6.45, 7) is 7.78. The molecule has 16 heavy (non-hydrogen) atoms. The van der Waals surface area contributed by atoms with Gasteiger partial charge in [-0.15, -0.1) is 0 Å². The van der Waals surface area contributed by atoms with E-state index in [1.54, 1.807) is 6.26 Å². The van der Waals surface area contributed by atoms with Crippen LogP contribution in [0.15, 0.2) is 21.4 Å². The molecule has 0 radical (unpaired) electrons. The molecule has 0 aliphatic heterocycles. The molecule has 0 aliphatic rings. The van der Waals surface area contributed by atoms with Gasteiger partial charge in [-0.1, -0.05) is 20.8 Å². The van der Waals surface area contributed by atoms with Gasteiger partial charge in [-0.3, -0.25) is 0 Å². The fraction of sp³-hybridized carbons (Fsp3) is 0.692. The van der Waals surface area contributed by atoms with Crippen LogP contribution in [0.4, 0.5) is 0 Å². The topological polar surface area (TPSA) is 25.2 Å². The zero-order chi connectivity index (χ0) is 12.0. The maximum absolute atomic E-state index is 5.31. The third-order valence-corrected chi connectivity index (χ3v) is 3.34. The molecule has 0 spiro atoms. The number of hydrogen-bond donors (Lipinski definition) is 1. The van der Waals surface area contributed by atoms with Gasteiger partial charge in [0, 0.05) is 11.6 Å². The van der Waals surface area contributed by atoms with Crippen molar-refractivity contribution in [3.8, 4) is 0 Å². The molecule has 1 aromatic heterocycles. The van der Waals surface area contributed by atoms with Crippen LogP contribution in [0, 0.1) is 5.92 Å². The van der Waals surface area contributed by atoms with Gasteiger partial charge >= 0.3 is 0 Å². The van der Waals surface area contributed by atoms with Gasteiger partial charge < -0.3 is 9.73 Å². The molecule has 1 unspecified atom stereocenters. The Morgan fingerprint density at radius 2 is 2.12 bits per heavy atom. The van der Waals surface area contributed by atoms with Crippen LogP contribution in [0.5, 0.6) is 0 Å². The molecule has 0 aliphatic carbocycles. The lowest BCUT2D eigenvalue weighted by molar-refractivity contribution is 0.432. The van der Waals surface area contributed by atoms with E-state index in [4.69, 9.17) is 4.42 Å². The molecule has 0 saturated carbocycles. The summed E-state index contributed by atoms with van der Waals surface area (Å²) in [7, 11) is 0. The van der Waals surface area contributed by atoms with Crippen LogP contribution >= 0.6 is 15.9 Å². The summed E-state index contributed by atoms with van der Waals surface area (Å²) in [4.78, 5) is 0. The van der Waals surface area contributed by atoms with Crippen molar-refractivity contribution >= 4 is 15.9 Å². The highest BCUT2D eigenvalue weighted by Gasteiger charge is 2.16. The van der Waals surface area contributed by atoms with Gasteiger partial charge in [-0.05, 0) is 53.7 Å². The van der Waals surface area contributed by atoms with Gasteiger partial charge in [0.05, 0.1) is 6.26 Å². The molecule has 1 heterocycles. The van der Waals surface area contributed by atoms with E-state index >= 15 is 0 Å². The van der Waals surface area contributed by atoms with Crippen LogP contribution in [0.1, 0.15) is 51.6 Å². The zero-order valence-electron chi connectivity index (χ0n) is 10.4. The minimum Gasteiger partial charge on any atom is -0.457 e. The molecule has 1 rings (SSSR count). The summed E-state index contributed by atoms with van der Waals surface area (Å²) in [5, 5.41) is 3.58. The Morgan fingerprint density at radius 1 is 1.38 bits per heavy atom. The van der Waals surface area contributed by atoms with Crippen molar-refractivity contribution in [1.29, 1.82) is 0 Å². The Kier molecular flexibility index (Phi) is 6.14. The Labute approximate surface area is 107 Å². The lowest BCUT2D eigenvalue weighted by Gasteiger charge is -2.18. The number of halogens is 1. The molecular formula is C13H22BrNO. The summed E-state index contributed by atoms with van der Waals surface area (Å²) in [6, 6.07) is 2.47. The van der Waals surface area contributed by atoms with E-state index in [0.29, 0.717) is 6.04 Å². The lowest BCUT2D eigenvalue weighted by Crippen LogP contribution is -2.22. The molecule has 0 amide bonds. The maximum Gasteiger partial charge on any atom is 0.173 e.